The van der Waals surface area contributed by atoms with E-state index in [-0.39, 0.29) is 5.56 Å². The van der Waals surface area contributed by atoms with Gasteiger partial charge in [-0.1, -0.05) is 24.3 Å². The third-order valence-electron chi connectivity index (χ3n) is 3.74. The second-order valence-electron chi connectivity index (χ2n) is 5.34. The van der Waals surface area contributed by atoms with Crippen LogP contribution in [0.15, 0.2) is 54.6 Å². The number of fused-ring (bicyclic) bond motifs is 1. The highest BCUT2D eigenvalue weighted by atomic mass is 32.1. The standard InChI is InChI=1S/C19H10N2O2S2/c20-10-11-1-6-14-17(9-11)25-18(21-14)16-8-7-15(24-16)12-2-4-13(5-3-12)19(22)23/h1-9H,(H,22,23)/p-1. The summed E-state index contributed by atoms with van der Waals surface area (Å²) in [5.41, 5.74) is 2.63. The second-order valence-corrected chi connectivity index (χ2v) is 7.46. The number of nitrogens with zero attached hydrogens (tertiary/aromatic N) is 2. The number of rotatable bonds is 3. The Morgan fingerprint density at radius 3 is 2.48 bits per heavy atom. The highest BCUT2D eigenvalue weighted by molar-refractivity contribution is 7.26. The predicted octanol–water partition coefficient (Wildman–Crippen LogP) is 3.93. The Labute approximate surface area is 151 Å². The quantitative estimate of drug-likeness (QED) is 0.554. The van der Waals surface area contributed by atoms with Gasteiger partial charge >= 0.3 is 0 Å². The Balaban J connectivity index is 1.69. The molecule has 0 atom stereocenters. The molecule has 0 spiro atoms. The van der Waals surface area contributed by atoms with Crippen molar-refractivity contribution in [3.63, 3.8) is 0 Å². The van der Waals surface area contributed by atoms with Gasteiger partial charge in [0.05, 0.1) is 32.7 Å². The molecule has 0 bridgehead atoms. The maximum atomic E-state index is 10.8. The summed E-state index contributed by atoms with van der Waals surface area (Å²) in [5.74, 6) is -1.18. The molecule has 0 fully saturated rings. The van der Waals surface area contributed by atoms with Crippen molar-refractivity contribution in [3.05, 3.63) is 65.7 Å². The summed E-state index contributed by atoms with van der Waals surface area (Å²) < 4.78 is 0.988. The molecular formula is C19H9N2O2S2-. The van der Waals surface area contributed by atoms with E-state index in [0.717, 1.165) is 30.5 Å². The SMILES string of the molecule is N#Cc1ccc2nc(-c3ccc(-c4ccc(C(=O)[O-])cc4)s3)sc2c1. The predicted molar refractivity (Wildman–Crippen MR) is 97.4 cm³/mol. The number of carbonyl (C=O) groups excluding carboxylic acids is 1. The average molecular weight is 361 g/mol. The monoisotopic (exact) mass is 361 g/mol. The van der Waals surface area contributed by atoms with Crippen LogP contribution >= 0.6 is 22.7 Å². The van der Waals surface area contributed by atoms with Crippen LogP contribution in [0.1, 0.15) is 15.9 Å². The lowest BCUT2D eigenvalue weighted by molar-refractivity contribution is -0.255. The fourth-order valence-corrected chi connectivity index (χ4v) is 4.55. The van der Waals surface area contributed by atoms with E-state index in [1.807, 2.05) is 24.3 Å². The molecule has 0 aliphatic heterocycles. The minimum atomic E-state index is -1.18. The topological polar surface area (TPSA) is 76.8 Å². The van der Waals surface area contributed by atoms with Crippen molar-refractivity contribution in [2.45, 2.75) is 0 Å². The van der Waals surface area contributed by atoms with Crippen LogP contribution < -0.4 is 5.11 Å². The van der Waals surface area contributed by atoms with Crippen molar-refractivity contribution in [3.8, 4) is 26.4 Å². The molecule has 2 aromatic heterocycles. The van der Waals surface area contributed by atoms with Gasteiger partial charge in [-0.3, -0.25) is 0 Å². The summed E-state index contributed by atoms with van der Waals surface area (Å²) in [6, 6.07) is 18.3. The van der Waals surface area contributed by atoms with Crippen LogP contribution in [0, 0.1) is 11.3 Å². The molecule has 0 radical (unpaired) electrons. The normalized spacial score (nSPS) is 10.7. The number of aromatic carboxylic acids is 1. The molecule has 0 amide bonds. The molecule has 0 unspecified atom stereocenters. The molecule has 0 aliphatic carbocycles. The third-order valence-corrected chi connectivity index (χ3v) is 6.06. The Bertz CT molecular complexity index is 1130. The average Bonchev–Trinajstić information content (AvgIpc) is 3.27. The van der Waals surface area contributed by atoms with E-state index in [1.54, 1.807) is 53.0 Å². The van der Waals surface area contributed by atoms with Crippen LogP contribution in [0.5, 0.6) is 0 Å². The number of thiazole rings is 1. The van der Waals surface area contributed by atoms with Crippen LogP contribution in [-0.4, -0.2) is 11.0 Å². The Kier molecular flexibility index (Phi) is 3.80. The summed E-state index contributed by atoms with van der Waals surface area (Å²) in [4.78, 5) is 17.5. The zero-order valence-electron chi connectivity index (χ0n) is 12.7. The summed E-state index contributed by atoms with van der Waals surface area (Å²) in [6.07, 6.45) is 0. The first-order valence-corrected chi connectivity index (χ1v) is 9.00. The molecule has 0 aliphatic rings. The van der Waals surface area contributed by atoms with E-state index in [1.165, 1.54) is 0 Å². The largest absolute Gasteiger partial charge is 0.545 e. The van der Waals surface area contributed by atoms with Gasteiger partial charge in [-0.2, -0.15) is 5.26 Å². The number of hydrogen-bond donors (Lipinski definition) is 0. The van der Waals surface area contributed by atoms with Crippen LogP contribution in [0.2, 0.25) is 0 Å². The molecule has 6 heteroatoms. The van der Waals surface area contributed by atoms with Crippen molar-refractivity contribution < 1.29 is 9.90 Å². The molecular weight excluding hydrogens is 352 g/mol. The molecule has 4 aromatic rings. The van der Waals surface area contributed by atoms with Crippen molar-refractivity contribution in [2.24, 2.45) is 0 Å². The minimum Gasteiger partial charge on any atom is -0.545 e. The lowest BCUT2D eigenvalue weighted by Gasteiger charge is -2.02. The third kappa shape index (κ3) is 2.91. The van der Waals surface area contributed by atoms with E-state index < -0.39 is 5.97 Å². The van der Waals surface area contributed by atoms with Gasteiger partial charge in [-0.15, -0.1) is 22.7 Å². The molecule has 4 nitrogen and oxygen atoms in total. The van der Waals surface area contributed by atoms with Crippen molar-refractivity contribution in [1.82, 2.24) is 4.98 Å². The van der Waals surface area contributed by atoms with Gasteiger partial charge in [-0.05, 0) is 41.5 Å². The van der Waals surface area contributed by atoms with Crippen LogP contribution in [0.3, 0.4) is 0 Å². The lowest BCUT2D eigenvalue weighted by atomic mass is 10.1. The van der Waals surface area contributed by atoms with Crippen LogP contribution in [0.4, 0.5) is 0 Å². The van der Waals surface area contributed by atoms with Gasteiger partial charge in [0.1, 0.15) is 5.01 Å². The first kappa shape index (κ1) is 15.5. The number of carboxylic acids is 1. The van der Waals surface area contributed by atoms with Crippen molar-refractivity contribution in [2.75, 3.05) is 0 Å². The fraction of sp³-hybridized carbons (Fsp3) is 0. The smallest absolute Gasteiger partial charge is 0.134 e. The fourth-order valence-electron chi connectivity index (χ4n) is 2.48. The maximum Gasteiger partial charge on any atom is 0.134 e. The first-order chi connectivity index (χ1) is 12.1. The summed E-state index contributed by atoms with van der Waals surface area (Å²) in [6.45, 7) is 0. The maximum absolute atomic E-state index is 10.8. The number of nitriles is 1. The summed E-state index contributed by atoms with van der Waals surface area (Å²) in [5, 5.41) is 20.7. The van der Waals surface area contributed by atoms with Gasteiger partial charge in [0.2, 0.25) is 0 Å². The minimum absolute atomic E-state index is 0.167. The molecule has 0 saturated heterocycles. The number of carboxylic acid groups (broad SMARTS) is 1. The molecule has 2 aromatic carbocycles. The number of carbonyl (C=O) groups is 1. The molecule has 4 rings (SSSR count). The number of benzene rings is 2. The number of aromatic nitrogens is 1. The van der Waals surface area contributed by atoms with Gasteiger partial charge in [0, 0.05) is 4.88 Å². The lowest BCUT2D eigenvalue weighted by Crippen LogP contribution is -2.21. The summed E-state index contributed by atoms with van der Waals surface area (Å²) >= 11 is 3.16. The highest BCUT2D eigenvalue weighted by Crippen LogP contribution is 2.38. The van der Waals surface area contributed by atoms with E-state index >= 15 is 0 Å². The number of thiophene rings is 1. The van der Waals surface area contributed by atoms with Gasteiger partial charge in [-0.25, -0.2) is 4.98 Å². The van der Waals surface area contributed by atoms with E-state index in [4.69, 9.17) is 5.26 Å². The summed E-state index contributed by atoms with van der Waals surface area (Å²) in [7, 11) is 0. The van der Waals surface area contributed by atoms with Crippen molar-refractivity contribution in [1.29, 1.82) is 5.26 Å². The van der Waals surface area contributed by atoms with E-state index in [9.17, 15) is 9.90 Å². The van der Waals surface area contributed by atoms with Crippen molar-refractivity contribution >= 4 is 38.9 Å². The Hall–Kier alpha value is -3.01. The zero-order chi connectivity index (χ0) is 17.4. The Morgan fingerprint density at radius 1 is 1.00 bits per heavy atom. The molecule has 2 heterocycles. The first-order valence-electron chi connectivity index (χ1n) is 7.37. The van der Waals surface area contributed by atoms with Crippen LogP contribution in [0.25, 0.3) is 30.5 Å². The molecule has 0 saturated carbocycles. The molecule has 25 heavy (non-hydrogen) atoms. The van der Waals surface area contributed by atoms with Gasteiger partial charge in [0.25, 0.3) is 0 Å². The highest BCUT2D eigenvalue weighted by Gasteiger charge is 2.10. The van der Waals surface area contributed by atoms with Gasteiger partial charge in [0.15, 0.2) is 0 Å². The second kappa shape index (κ2) is 6.13. The Morgan fingerprint density at radius 2 is 1.76 bits per heavy atom. The zero-order valence-corrected chi connectivity index (χ0v) is 14.4. The molecule has 120 valence electrons. The molecule has 0 N–H and O–H groups in total. The van der Waals surface area contributed by atoms with Gasteiger partial charge < -0.3 is 9.90 Å². The van der Waals surface area contributed by atoms with Crippen LogP contribution in [-0.2, 0) is 0 Å². The number of hydrogen-bond acceptors (Lipinski definition) is 6. The van der Waals surface area contributed by atoms with E-state index in [2.05, 4.69) is 11.1 Å². The van der Waals surface area contributed by atoms with E-state index in [0.29, 0.717) is 5.56 Å².